The Morgan fingerprint density at radius 2 is 2.22 bits per heavy atom. The molecule has 0 radical (unpaired) electrons. The van der Waals surface area contributed by atoms with E-state index >= 15 is 0 Å². The molecule has 1 aliphatic carbocycles. The monoisotopic (exact) mass is 123 g/mol. The summed E-state index contributed by atoms with van der Waals surface area (Å²) in [7, 11) is 0. The Morgan fingerprint density at radius 3 is 2.33 bits per heavy atom. The Labute approximate surface area is 53.9 Å². The predicted molar refractivity (Wildman–Crippen MR) is 33.9 cm³/mol. The molecule has 2 unspecified atom stereocenters. The zero-order chi connectivity index (χ0) is 7.07. The molecule has 1 aliphatic rings. The molecule has 0 amide bonds. The van der Waals surface area contributed by atoms with Gasteiger partial charge in [-0.3, -0.25) is 0 Å². The lowest BCUT2D eigenvalue weighted by Crippen LogP contribution is -2.37. The van der Waals surface area contributed by atoms with Crippen molar-refractivity contribution < 1.29 is 0 Å². The van der Waals surface area contributed by atoms with Crippen molar-refractivity contribution in [3.8, 4) is 6.07 Å². The smallest absolute Gasteiger partial charge is 0.0884 e. The van der Waals surface area contributed by atoms with Crippen molar-refractivity contribution in [3.63, 3.8) is 0 Å². The summed E-state index contributed by atoms with van der Waals surface area (Å²) in [6, 6.07) is 2.01. The molecule has 0 bridgehead atoms. The average molecular weight is 123 g/mol. The molecular formula is C6H9N3. The summed E-state index contributed by atoms with van der Waals surface area (Å²) in [5, 5.41) is 8.39. The van der Waals surface area contributed by atoms with Gasteiger partial charge in [0.15, 0.2) is 0 Å². The van der Waals surface area contributed by atoms with E-state index in [0.29, 0.717) is 0 Å². The van der Waals surface area contributed by atoms with Crippen LogP contribution in [0.4, 0.5) is 0 Å². The zero-order valence-corrected chi connectivity index (χ0v) is 5.04. The van der Waals surface area contributed by atoms with Crippen LogP contribution < -0.4 is 11.5 Å². The summed E-state index contributed by atoms with van der Waals surface area (Å²) in [6.45, 7) is 3.51. The van der Waals surface area contributed by atoms with E-state index in [4.69, 9.17) is 16.7 Å². The molecule has 1 fully saturated rings. The number of hydrogen-bond acceptors (Lipinski definition) is 3. The largest absolute Gasteiger partial charge is 0.312 e. The SMILES string of the molecule is C=CC1C(C#N)C1(N)N. The van der Waals surface area contributed by atoms with Gasteiger partial charge in [-0.2, -0.15) is 5.26 Å². The highest BCUT2D eigenvalue weighted by Gasteiger charge is 2.58. The second-order valence-corrected chi connectivity index (χ2v) is 2.37. The molecule has 4 N–H and O–H groups in total. The molecule has 0 aromatic carbocycles. The van der Waals surface area contributed by atoms with Gasteiger partial charge in [0.25, 0.3) is 0 Å². The van der Waals surface area contributed by atoms with Gasteiger partial charge in [0.2, 0.25) is 0 Å². The fraction of sp³-hybridized carbons (Fsp3) is 0.500. The molecule has 48 valence electrons. The Balaban J connectivity index is 2.68. The molecule has 1 rings (SSSR count). The van der Waals surface area contributed by atoms with Gasteiger partial charge in [-0.15, -0.1) is 6.58 Å². The van der Waals surface area contributed by atoms with Crippen LogP contribution in [0.3, 0.4) is 0 Å². The van der Waals surface area contributed by atoms with Gasteiger partial charge in [0.1, 0.15) is 0 Å². The van der Waals surface area contributed by atoms with Crippen LogP contribution in [0.25, 0.3) is 0 Å². The fourth-order valence-electron chi connectivity index (χ4n) is 0.988. The highest BCUT2D eigenvalue weighted by molar-refractivity contribution is 5.26. The Morgan fingerprint density at radius 1 is 1.67 bits per heavy atom. The van der Waals surface area contributed by atoms with Gasteiger partial charge >= 0.3 is 0 Å². The topological polar surface area (TPSA) is 75.8 Å². The van der Waals surface area contributed by atoms with Crippen LogP contribution >= 0.6 is 0 Å². The fourth-order valence-corrected chi connectivity index (χ4v) is 0.988. The van der Waals surface area contributed by atoms with Crippen LogP contribution in [0.1, 0.15) is 0 Å². The molecule has 9 heavy (non-hydrogen) atoms. The number of rotatable bonds is 1. The van der Waals surface area contributed by atoms with Gasteiger partial charge in [0, 0.05) is 5.92 Å². The molecular weight excluding hydrogens is 114 g/mol. The maximum atomic E-state index is 8.39. The first kappa shape index (κ1) is 6.27. The highest BCUT2D eigenvalue weighted by Crippen LogP contribution is 2.44. The maximum Gasteiger partial charge on any atom is 0.0884 e. The summed E-state index contributed by atoms with van der Waals surface area (Å²) in [4.78, 5) is 0. The third-order valence-electron chi connectivity index (χ3n) is 1.76. The van der Waals surface area contributed by atoms with Crippen molar-refractivity contribution in [1.29, 1.82) is 5.26 Å². The Bertz CT molecular complexity index is 177. The predicted octanol–water partition coefficient (Wildman–Crippen LogP) is -0.444. The summed E-state index contributed by atoms with van der Waals surface area (Å²) in [6.07, 6.45) is 1.63. The van der Waals surface area contributed by atoms with Crippen LogP contribution in [0, 0.1) is 23.2 Å². The highest BCUT2D eigenvalue weighted by atomic mass is 15.1. The van der Waals surface area contributed by atoms with E-state index in [1.165, 1.54) is 0 Å². The summed E-state index contributed by atoms with van der Waals surface area (Å²) in [5.74, 6) is -0.238. The minimum absolute atomic E-state index is 0.0116. The lowest BCUT2D eigenvalue weighted by atomic mass is 10.3. The van der Waals surface area contributed by atoms with E-state index in [2.05, 4.69) is 6.58 Å². The van der Waals surface area contributed by atoms with Gasteiger partial charge < -0.3 is 11.5 Å². The number of hydrogen-bond donors (Lipinski definition) is 2. The minimum atomic E-state index is -0.795. The second-order valence-electron chi connectivity index (χ2n) is 2.37. The quantitative estimate of drug-likeness (QED) is 0.366. The molecule has 0 heterocycles. The molecule has 3 heteroatoms. The van der Waals surface area contributed by atoms with Crippen molar-refractivity contribution in [1.82, 2.24) is 0 Å². The second kappa shape index (κ2) is 1.56. The van der Waals surface area contributed by atoms with Crippen LogP contribution in [-0.2, 0) is 0 Å². The average Bonchev–Trinajstić information content (AvgIpc) is 2.32. The van der Waals surface area contributed by atoms with Crippen molar-refractivity contribution in [3.05, 3.63) is 12.7 Å². The third-order valence-corrected chi connectivity index (χ3v) is 1.76. The molecule has 0 aliphatic heterocycles. The van der Waals surface area contributed by atoms with E-state index in [1.54, 1.807) is 6.08 Å². The molecule has 3 nitrogen and oxygen atoms in total. The van der Waals surface area contributed by atoms with Crippen molar-refractivity contribution in [2.75, 3.05) is 0 Å². The maximum absolute atomic E-state index is 8.39. The first-order valence-corrected chi connectivity index (χ1v) is 2.74. The van der Waals surface area contributed by atoms with Gasteiger partial charge in [-0.05, 0) is 0 Å². The van der Waals surface area contributed by atoms with Crippen LogP contribution in [-0.4, -0.2) is 5.66 Å². The molecule has 1 saturated carbocycles. The lowest BCUT2D eigenvalue weighted by Gasteiger charge is -1.95. The van der Waals surface area contributed by atoms with Crippen molar-refractivity contribution >= 4 is 0 Å². The summed E-state index contributed by atoms with van der Waals surface area (Å²) >= 11 is 0. The van der Waals surface area contributed by atoms with Crippen molar-refractivity contribution in [2.45, 2.75) is 5.66 Å². The standard InChI is InChI=1S/C6H9N3/c1-2-4-5(3-7)6(4,8)9/h2,4-5H,1,8-9H2. The van der Waals surface area contributed by atoms with E-state index in [-0.39, 0.29) is 11.8 Å². The Hall–Kier alpha value is -0.850. The van der Waals surface area contributed by atoms with Gasteiger partial charge in [-0.1, -0.05) is 6.08 Å². The van der Waals surface area contributed by atoms with E-state index < -0.39 is 5.66 Å². The third kappa shape index (κ3) is 0.645. The minimum Gasteiger partial charge on any atom is -0.312 e. The number of nitrogens with two attached hydrogens (primary N) is 2. The lowest BCUT2D eigenvalue weighted by molar-refractivity contribution is 0.659. The van der Waals surface area contributed by atoms with Crippen LogP contribution in [0.2, 0.25) is 0 Å². The first-order valence-electron chi connectivity index (χ1n) is 2.74. The number of nitrogens with zero attached hydrogens (tertiary/aromatic N) is 1. The van der Waals surface area contributed by atoms with E-state index in [9.17, 15) is 0 Å². The zero-order valence-electron chi connectivity index (χ0n) is 5.04. The van der Waals surface area contributed by atoms with Gasteiger partial charge in [-0.25, -0.2) is 0 Å². The normalized spacial score (nSPS) is 37.0. The summed E-state index contributed by atoms with van der Waals surface area (Å²) < 4.78 is 0. The molecule has 0 spiro atoms. The van der Waals surface area contributed by atoms with E-state index in [1.807, 2.05) is 6.07 Å². The summed E-state index contributed by atoms with van der Waals surface area (Å²) in [5.41, 5.74) is 10.1. The molecule has 0 aromatic rings. The molecule has 2 atom stereocenters. The van der Waals surface area contributed by atoms with Crippen molar-refractivity contribution in [2.24, 2.45) is 23.3 Å². The molecule has 0 aromatic heterocycles. The Kier molecular flexibility index (Phi) is 1.09. The van der Waals surface area contributed by atoms with Crippen LogP contribution in [0.5, 0.6) is 0 Å². The van der Waals surface area contributed by atoms with E-state index in [0.717, 1.165) is 0 Å². The molecule has 0 saturated heterocycles. The first-order chi connectivity index (χ1) is 4.14. The number of nitriles is 1. The van der Waals surface area contributed by atoms with Crippen LogP contribution in [0.15, 0.2) is 12.7 Å². The van der Waals surface area contributed by atoms with Gasteiger partial charge in [0.05, 0.1) is 17.6 Å².